The molecule has 1 amide bonds. The first-order chi connectivity index (χ1) is 10.9. The van der Waals surface area contributed by atoms with Gasteiger partial charge in [0.2, 0.25) is 0 Å². The summed E-state index contributed by atoms with van der Waals surface area (Å²) in [5.74, 6) is -1.64. The molecule has 1 aliphatic rings. The van der Waals surface area contributed by atoms with Crippen molar-refractivity contribution in [2.75, 3.05) is 0 Å². The van der Waals surface area contributed by atoms with Crippen LogP contribution in [0, 0.1) is 0 Å². The lowest BCUT2D eigenvalue weighted by Crippen LogP contribution is -2.49. The third kappa shape index (κ3) is 4.43. The average molecular weight is 413 g/mol. The summed E-state index contributed by atoms with van der Waals surface area (Å²) >= 11 is 9.71. The van der Waals surface area contributed by atoms with E-state index in [9.17, 15) is 14.7 Å². The van der Waals surface area contributed by atoms with Gasteiger partial charge < -0.3 is 9.90 Å². The molecule has 0 bridgehead atoms. The molecular formula is C16H15BrNO3S2-. The summed E-state index contributed by atoms with van der Waals surface area (Å²) in [6, 6.07) is 6.49. The number of unbranched alkanes of at least 4 members (excludes halogenated alkanes) is 1. The van der Waals surface area contributed by atoms with Crippen LogP contribution in [0.1, 0.15) is 31.7 Å². The molecule has 0 aromatic heterocycles. The molecule has 1 atom stereocenters. The summed E-state index contributed by atoms with van der Waals surface area (Å²) in [5.41, 5.74) is 0.846. The van der Waals surface area contributed by atoms with Crippen molar-refractivity contribution in [2.24, 2.45) is 0 Å². The van der Waals surface area contributed by atoms with E-state index in [0.717, 1.165) is 28.2 Å². The summed E-state index contributed by atoms with van der Waals surface area (Å²) in [4.78, 5) is 25.6. The quantitative estimate of drug-likeness (QED) is 0.530. The summed E-state index contributed by atoms with van der Waals surface area (Å²) < 4.78 is 1.17. The normalized spacial score (nSPS) is 17.8. The lowest BCUT2D eigenvalue weighted by atomic mass is 10.1. The molecule has 7 heteroatoms. The largest absolute Gasteiger partial charge is 0.548 e. The number of carbonyl (C=O) groups is 2. The molecule has 1 aromatic rings. The summed E-state index contributed by atoms with van der Waals surface area (Å²) in [6.07, 6.45) is 3.60. The van der Waals surface area contributed by atoms with E-state index in [-0.39, 0.29) is 10.2 Å². The van der Waals surface area contributed by atoms with Crippen LogP contribution in [0.25, 0.3) is 6.08 Å². The van der Waals surface area contributed by atoms with Crippen LogP contribution in [0.15, 0.2) is 33.6 Å². The second-order valence-electron chi connectivity index (χ2n) is 5.08. The Labute approximate surface area is 153 Å². The van der Waals surface area contributed by atoms with E-state index < -0.39 is 12.0 Å². The van der Waals surface area contributed by atoms with Gasteiger partial charge in [-0.05, 0) is 30.2 Å². The number of aliphatic carboxylic acids is 1. The van der Waals surface area contributed by atoms with E-state index in [2.05, 4.69) is 15.9 Å². The Kier molecular flexibility index (Phi) is 6.38. The predicted molar refractivity (Wildman–Crippen MR) is 97.5 cm³/mol. The van der Waals surface area contributed by atoms with Crippen molar-refractivity contribution < 1.29 is 14.7 Å². The van der Waals surface area contributed by atoms with Crippen LogP contribution in [0.3, 0.4) is 0 Å². The first kappa shape index (κ1) is 18.2. The van der Waals surface area contributed by atoms with Crippen LogP contribution in [0.2, 0.25) is 0 Å². The molecule has 0 unspecified atom stereocenters. The third-order valence-corrected chi connectivity index (χ3v) is 5.21. The van der Waals surface area contributed by atoms with Crippen LogP contribution in [-0.4, -0.2) is 27.1 Å². The number of carboxylic acids is 1. The molecule has 0 radical (unpaired) electrons. The lowest BCUT2D eigenvalue weighted by molar-refractivity contribution is -0.310. The fourth-order valence-corrected chi connectivity index (χ4v) is 4.02. The van der Waals surface area contributed by atoms with Crippen LogP contribution >= 0.6 is 39.9 Å². The highest BCUT2D eigenvalue weighted by molar-refractivity contribution is 9.10. The van der Waals surface area contributed by atoms with E-state index in [1.165, 1.54) is 4.90 Å². The van der Waals surface area contributed by atoms with Crippen molar-refractivity contribution in [3.05, 3.63) is 39.2 Å². The van der Waals surface area contributed by atoms with Gasteiger partial charge in [0.25, 0.3) is 5.91 Å². The van der Waals surface area contributed by atoms with Crippen LogP contribution in [0.5, 0.6) is 0 Å². The molecule has 1 fully saturated rings. The number of thiocarbonyl (C=S) groups is 1. The first-order valence-corrected chi connectivity index (χ1v) is 9.19. The van der Waals surface area contributed by atoms with Gasteiger partial charge in [0.1, 0.15) is 4.32 Å². The minimum Gasteiger partial charge on any atom is -0.548 e. The molecule has 1 saturated heterocycles. The zero-order chi connectivity index (χ0) is 17.0. The monoisotopic (exact) mass is 412 g/mol. The standard InChI is InChI=1S/C16H16BrNO3S2/c1-2-3-7-12(15(20)21)18-14(19)13(23-16(18)22)9-10-5-4-6-11(17)8-10/h4-6,8-9,12H,2-3,7H2,1H3,(H,20,21)/p-1/b13-9-/t12-/m0/s1. The van der Waals surface area contributed by atoms with E-state index in [4.69, 9.17) is 12.2 Å². The molecule has 0 spiro atoms. The maximum absolute atomic E-state index is 12.6. The van der Waals surface area contributed by atoms with Gasteiger partial charge in [-0.15, -0.1) is 0 Å². The SMILES string of the molecule is CCCC[C@@H](C(=O)[O-])N1C(=O)/C(=C/c2cccc(Br)c2)SC1=S. The average Bonchev–Trinajstić information content (AvgIpc) is 2.75. The van der Waals surface area contributed by atoms with E-state index in [1.807, 2.05) is 31.2 Å². The number of hydrogen-bond donors (Lipinski definition) is 0. The van der Waals surface area contributed by atoms with Gasteiger partial charge in [0.05, 0.1) is 16.9 Å². The Morgan fingerprint density at radius 1 is 1.52 bits per heavy atom. The highest BCUT2D eigenvalue weighted by atomic mass is 79.9. The van der Waals surface area contributed by atoms with E-state index in [0.29, 0.717) is 17.7 Å². The molecule has 0 aliphatic carbocycles. The number of benzene rings is 1. The zero-order valence-corrected chi connectivity index (χ0v) is 15.7. The molecule has 23 heavy (non-hydrogen) atoms. The molecule has 122 valence electrons. The fourth-order valence-electron chi connectivity index (χ4n) is 2.25. The Morgan fingerprint density at radius 3 is 2.87 bits per heavy atom. The number of nitrogens with zero attached hydrogens (tertiary/aromatic N) is 1. The molecular weight excluding hydrogens is 398 g/mol. The summed E-state index contributed by atoms with van der Waals surface area (Å²) in [7, 11) is 0. The van der Waals surface area contributed by atoms with Gasteiger partial charge >= 0.3 is 0 Å². The highest BCUT2D eigenvalue weighted by Gasteiger charge is 2.37. The van der Waals surface area contributed by atoms with Gasteiger partial charge in [-0.3, -0.25) is 9.69 Å². The predicted octanol–water partition coefficient (Wildman–Crippen LogP) is 2.96. The molecule has 0 N–H and O–H groups in total. The Morgan fingerprint density at radius 2 is 2.26 bits per heavy atom. The van der Waals surface area contributed by atoms with Crippen molar-refractivity contribution in [1.29, 1.82) is 0 Å². The molecule has 2 rings (SSSR count). The molecule has 4 nitrogen and oxygen atoms in total. The van der Waals surface area contributed by atoms with Gasteiger partial charge in [-0.1, -0.05) is 71.8 Å². The molecule has 1 aliphatic heterocycles. The second kappa shape index (κ2) is 8.08. The highest BCUT2D eigenvalue weighted by Crippen LogP contribution is 2.35. The number of carbonyl (C=O) groups excluding carboxylic acids is 2. The van der Waals surface area contributed by atoms with Gasteiger partial charge in [0.15, 0.2) is 0 Å². The number of thioether (sulfide) groups is 1. The third-order valence-electron chi connectivity index (χ3n) is 3.38. The Bertz CT molecular complexity index is 675. The maximum Gasteiger partial charge on any atom is 0.266 e. The van der Waals surface area contributed by atoms with Crippen LogP contribution < -0.4 is 5.11 Å². The summed E-state index contributed by atoms with van der Waals surface area (Å²) in [5, 5.41) is 11.4. The number of rotatable bonds is 6. The fraction of sp³-hybridized carbons (Fsp3) is 0.312. The minimum atomic E-state index is -1.27. The smallest absolute Gasteiger partial charge is 0.266 e. The Hall–Kier alpha value is -1.18. The van der Waals surface area contributed by atoms with Gasteiger partial charge in [-0.2, -0.15) is 0 Å². The van der Waals surface area contributed by atoms with Gasteiger partial charge in [0, 0.05) is 4.47 Å². The van der Waals surface area contributed by atoms with E-state index in [1.54, 1.807) is 6.08 Å². The zero-order valence-electron chi connectivity index (χ0n) is 12.5. The van der Waals surface area contributed by atoms with E-state index >= 15 is 0 Å². The number of halogens is 1. The van der Waals surface area contributed by atoms with Gasteiger partial charge in [-0.25, -0.2) is 0 Å². The number of amides is 1. The summed E-state index contributed by atoms with van der Waals surface area (Å²) in [6.45, 7) is 1.96. The Balaban J connectivity index is 2.26. The second-order valence-corrected chi connectivity index (χ2v) is 7.68. The number of carboxylic acid groups (broad SMARTS) is 1. The maximum atomic E-state index is 12.6. The molecule has 1 aromatic carbocycles. The van der Waals surface area contributed by atoms with Crippen molar-refractivity contribution >= 4 is 62.2 Å². The molecule has 1 heterocycles. The molecule has 0 saturated carbocycles. The topological polar surface area (TPSA) is 60.4 Å². The number of hydrogen-bond acceptors (Lipinski definition) is 5. The van der Waals surface area contributed by atoms with Crippen LogP contribution in [0.4, 0.5) is 0 Å². The lowest BCUT2D eigenvalue weighted by Gasteiger charge is -2.27. The first-order valence-electron chi connectivity index (χ1n) is 7.17. The minimum absolute atomic E-state index is 0.265. The van der Waals surface area contributed by atoms with Crippen molar-refractivity contribution in [1.82, 2.24) is 4.90 Å². The van der Waals surface area contributed by atoms with Crippen molar-refractivity contribution in [3.63, 3.8) is 0 Å². The van der Waals surface area contributed by atoms with Crippen LogP contribution in [-0.2, 0) is 9.59 Å². The van der Waals surface area contributed by atoms with Crippen molar-refractivity contribution in [3.8, 4) is 0 Å². The van der Waals surface area contributed by atoms with Crippen molar-refractivity contribution in [2.45, 2.75) is 32.2 Å².